The summed E-state index contributed by atoms with van der Waals surface area (Å²) < 4.78 is 35.5. The highest BCUT2D eigenvalue weighted by molar-refractivity contribution is 7.89. The first-order valence-electron chi connectivity index (χ1n) is 7.07. The van der Waals surface area contributed by atoms with E-state index in [4.69, 9.17) is 4.42 Å². The zero-order valence-corrected chi connectivity index (χ0v) is 13.6. The second-order valence-electron chi connectivity index (χ2n) is 5.39. The van der Waals surface area contributed by atoms with Gasteiger partial charge in [-0.2, -0.15) is 0 Å². The lowest BCUT2D eigenvalue weighted by atomic mass is 10.2. The molecule has 7 nitrogen and oxygen atoms in total. The first kappa shape index (κ1) is 15.6. The minimum absolute atomic E-state index is 0.0763. The van der Waals surface area contributed by atoms with Crippen LogP contribution in [0.2, 0.25) is 0 Å². The van der Waals surface area contributed by atoms with Gasteiger partial charge < -0.3 is 8.98 Å². The number of nitrogens with zero attached hydrogens (tertiary/aromatic N) is 2. The molecule has 0 aliphatic heterocycles. The van der Waals surface area contributed by atoms with E-state index in [2.05, 4.69) is 4.72 Å². The minimum Gasteiger partial charge on any atom is -0.408 e. The normalized spacial score (nSPS) is 12.1. The quantitative estimate of drug-likeness (QED) is 0.753. The van der Waals surface area contributed by atoms with E-state index in [1.807, 2.05) is 30.1 Å². The average Bonchev–Trinajstić information content (AvgIpc) is 3.03. The Morgan fingerprint density at radius 2 is 2.00 bits per heavy atom. The number of nitrogens with one attached hydrogen (secondary N) is 1. The molecule has 23 heavy (non-hydrogen) atoms. The molecule has 0 unspecified atom stereocenters. The molecule has 0 atom stereocenters. The standard InChI is InChI=1S/C15H17N3O4S/c1-17-8-6-11(10-17)5-7-16-23(20,21)12-3-4-13-14(9-12)22-15(19)18(13)2/h3-4,6,8-10,16H,5,7H2,1-2H3. The third-order valence-electron chi connectivity index (χ3n) is 3.67. The lowest BCUT2D eigenvalue weighted by molar-refractivity contribution is 0.527. The Labute approximate surface area is 133 Å². The van der Waals surface area contributed by atoms with Crippen molar-refractivity contribution in [2.75, 3.05) is 6.54 Å². The Hall–Kier alpha value is -2.32. The molecule has 2 heterocycles. The van der Waals surface area contributed by atoms with Crippen LogP contribution in [0.5, 0.6) is 0 Å². The van der Waals surface area contributed by atoms with Crippen molar-refractivity contribution in [3.05, 3.63) is 52.8 Å². The van der Waals surface area contributed by atoms with E-state index in [0.29, 0.717) is 18.5 Å². The Kier molecular flexibility index (Phi) is 3.87. The van der Waals surface area contributed by atoms with Gasteiger partial charge in [0.1, 0.15) is 0 Å². The molecule has 1 aromatic carbocycles. The van der Waals surface area contributed by atoms with Crippen molar-refractivity contribution in [1.29, 1.82) is 0 Å². The Morgan fingerprint density at radius 3 is 2.70 bits per heavy atom. The summed E-state index contributed by atoms with van der Waals surface area (Å²) in [4.78, 5) is 11.5. The summed E-state index contributed by atoms with van der Waals surface area (Å²) in [6, 6.07) is 6.33. The number of fused-ring (bicyclic) bond motifs is 1. The monoisotopic (exact) mass is 335 g/mol. The number of oxazole rings is 1. The summed E-state index contributed by atoms with van der Waals surface area (Å²) in [5, 5.41) is 0. The molecule has 8 heteroatoms. The van der Waals surface area contributed by atoms with Crippen molar-refractivity contribution in [3.8, 4) is 0 Å². The fourth-order valence-electron chi connectivity index (χ4n) is 2.40. The van der Waals surface area contributed by atoms with Crippen LogP contribution in [0.25, 0.3) is 11.1 Å². The minimum atomic E-state index is -3.65. The van der Waals surface area contributed by atoms with Crippen molar-refractivity contribution < 1.29 is 12.8 Å². The van der Waals surface area contributed by atoms with Crippen LogP contribution in [0, 0.1) is 0 Å². The van der Waals surface area contributed by atoms with Crippen LogP contribution < -0.4 is 10.5 Å². The van der Waals surface area contributed by atoms with Gasteiger partial charge in [0.2, 0.25) is 10.0 Å². The summed E-state index contributed by atoms with van der Waals surface area (Å²) in [6.45, 7) is 0.295. The van der Waals surface area contributed by atoms with Crippen LogP contribution in [-0.4, -0.2) is 24.1 Å². The van der Waals surface area contributed by atoms with E-state index in [0.717, 1.165) is 5.56 Å². The van der Waals surface area contributed by atoms with E-state index in [9.17, 15) is 13.2 Å². The number of aromatic nitrogens is 2. The predicted molar refractivity (Wildman–Crippen MR) is 85.8 cm³/mol. The first-order valence-corrected chi connectivity index (χ1v) is 8.55. The lowest BCUT2D eigenvalue weighted by Gasteiger charge is -2.06. The molecule has 0 saturated heterocycles. The molecule has 0 fully saturated rings. The van der Waals surface area contributed by atoms with Gasteiger partial charge in [0, 0.05) is 39.1 Å². The molecule has 0 aliphatic carbocycles. The number of rotatable bonds is 5. The number of benzene rings is 1. The van der Waals surface area contributed by atoms with Gasteiger partial charge in [0.25, 0.3) is 0 Å². The van der Waals surface area contributed by atoms with Gasteiger partial charge in [-0.05, 0) is 30.2 Å². The zero-order chi connectivity index (χ0) is 16.6. The van der Waals surface area contributed by atoms with Crippen molar-refractivity contribution >= 4 is 21.1 Å². The molecule has 0 amide bonds. The van der Waals surface area contributed by atoms with Crippen molar-refractivity contribution in [1.82, 2.24) is 13.9 Å². The van der Waals surface area contributed by atoms with E-state index in [-0.39, 0.29) is 10.5 Å². The van der Waals surface area contributed by atoms with Crippen LogP contribution in [-0.2, 0) is 30.5 Å². The molecule has 3 rings (SSSR count). The highest BCUT2D eigenvalue weighted by Crippen LogP contribution is 2.17. The second kappa shape index (κ2) is 5.71. The summed E-state index contributed by atoms with van der Waals surface area (Å²) in [6.07, 6.45) is 4.46. The predicted octanol–water partition coefficient (Wildman–Crippen LogP) is 0.991. The van der Waals surface area contributed by atoms with Gasteiger partial charge in [0.05, 0.1) is 10.4 Å². The Balaban J connectivity index is 1.77. The van der Waals surface area contributed by atoms with Gasteiger partial charge in [-0.3, -0.25) is 4.57 Å². The average molecular weight is 335 g/mol. The molecule has 0 saturated carbocycles. The van der Waals surface area contributed by atoms with Crippen LogP contribution in [0.3, 0.4) is 0 Å². The van der Waals surface area contributed by atoms with Gasteiger partial charge in [-0.1, -0.05) is 0 Å². The maximum absolute atomic E-state index is 12.3. The molecule has 2 aromatic heterocycles. The molecule has 0 bridgehead atoms. The van der Waals surface area contributed by atoms with Crippen molar-refractivity contribution in [2.24, 2.45) is 14.1 Å². The topological polar surface area (TPSA) is 86.2 Å². The fraction of sp³-hybridized carbons (Fsp3) is 0.267. The van der Waals surface area contributed by atoms with Gasteiger partial charge in [-0.25, -0.2) is 17.9 Å². The second-order valence-corrected chi connectivity index (χ2v) is 7.16. The smallest absolute Gasteiger partial charge is 0.408 e. The third kappa shape index (κ3) is 3.08. The Bertz CT molecular complexity index is 1010. The zero-order valence-electron chi connectivity index (χ0n) is 12.8. The maximum atomic E-state index is 12.3. The molecule has 0 aliphatic rings. The number of aryl methyl sites for hydroxylation is 2. The molecular formula is C15H17N3O4S. The van der Waals surface area contributed by atoms with Gasteiger partial charge in [0.15, 0.2) is 5.58 Å². The lowest BCUT2D eigenvalue weighted by Crippen LogP contribution is -2.25. The van der Waals surface area contributed by atoms with Crippen molar-refractivity contribution in [3.63, 3.8) is 0 Å². The molecule has 1 N–H and O–H groups in total. The largest absolute Gasteiger partial charge is 0.419 e. The third-order valence-corrected chi connectivity index (χ3v) is 5.13. The number of sulfonamides is 1. The summed E-state index contributed by atoms with van der Waals surface area (Å²) in [5.41, 5.74) is 1.86. The number of hydrogen-bond donors (Lipinski definition) is 1. The number of hydrogen-bond acceptors (Lipinski definition) is 4. The Morgan fingerprint density at radius 1 is 1.22 bits per heavy atom. The summed E-state index contributed by atoms with van der Waals surface area (Å²) >= 11 is 0. The van der Waals surface area contributed by atoms with E-state index in [1.54, 1.807) is 13.1 Å². The first-order chi connectivity index (χ1) is 10.9. The molecule has 0 radical (unpaired) electrons. The molecule has 122 valence electrons. The summed E-state index contributed by atoms with van der Waals surface area (Å²) in [7, 11) is -0.164. The highest BCUT2D eigenvalue weighted by atomic mass is 32.2. The maximum Gasteiger partial charge on any atom is 0.419 e. The summed E-state index contributed by atoms with van der Waals surface area (Å²) in [5.74, 6) is -0.522. The molecular weight excluding hydrogens is 318 g/mol. The van der Waals surface area contributed by atoms with Crippen LogP contribution in [0.1, 0.15) is 5.56 Å². The molecule has 3 aromatic rings. The van der Waals surface area contributed by atoms with Crippen LogP contribution in [0.4, 0.5) is 0 Å². The van der Waals surface area contributed by atoms with Crippen LogP contribution in [0.15, 0.2) is 50.8 Å². The van der Waals surface area contributed by atoms with Gasteiger partial charge >= 0.3 is 5.76 Å². The van der Waals surface area contributed by atoms with E-state index >= 15 is 0 Å². The highest BCUT2D eigenvalue weighted by Gasteiger charge is 2.16. The fourth-order valence-corrected chi connectivity index (χ4v) is 3.45. The van der Waals surface area contributed by atoms with Gasteiger partial charge in [-0.15, -0.1) is 0 Å². The van der Waals surface area contributed by atoms with Crippen LogP contribution >= 0.6 is 0 Å². The van der Waals surface area contributed by atoms with Crippen molar-refractivity contribution in [2.45, 2.75) is 11.3 Å². The SMILES string of the molecule is Cn1ccc(CCNS(=O)(=O)c2ccc3c(c2)oc(=O)n3C)c1. The molecule has 0 spiro atoms. The van der Waals surface area contributed by atoms with E-state index in [1.165, 1.54) is 16.7 Å². The van der Waals surface area contributed by atoms with E-state index < -0.39 is 15.8 Å².